The minimum Gasteiger partial charge on any atom is -0.492 e. The van der Waals surface area contributed by atoms with Crippen molar-refractivity contribution in [1.82, 2.24) is 9.62 Å². The molecule has 7 heteroatoms. The zero-order valence-corrected chi connectivity index (χ0v) is 18.5. The van der Waals surface area contributed by atoms with Gasteiger partial charge in [-0.25, -0.2) is 12.7 Å². The Kier molecular flexibility index (Phi) is 7.50. The third kappa shape index (κ3) is 6.06. The molecule has 0 radical (unpaired) electrons. The number of carbonyl (C=O) groups excluding carboxylic acids is 1. The van der Waals surface area contributed by atoms with E-state index in [9.17, 15) is 13.2 Å². The summed E-state index contributed by atoms with van der Waals surface area (Å²) in [5, 5.41) is 2.90. The molecule has 0 aliphatic carbocycles. The van der Waals surface area contributed by atoms with Crippen LogP contribution in [0, 0.1) is 19.8 Å². The van der Waals surface area contributed by atoms with E-state index in [4.69, 9.17) is 4.74 Å². The number of benzene rings is 2. The highest BCUT2D eigenvalue weighted by Gasteiger charge is 2.31. The highest BCUT2D eigenvalue weighted by molar-refractivity contribution is 7.88. The van der Waals surface area contributed by atoms with E-state index in [-0.39, 0.29) is 17.6 Å². The number of hydrogen-bond donors (Lipinski definition) is 1. The molecule has 3 rings (SSSR count). The van der Waals surface area contributed by atoms with Gasteiger partial charge < -0.3 is 10.1 Å². The molecule has 0 bridgehead atoms. The maximum Gasteiger partial charge on any atom is 0.223 e. The molecular weight excluding hydrogens is 400 g/mol. The van der Waals surface area contributed by atoms with Gasteiger partial charge in [-0.3, -0.25) is 4.79 Å². The SMILES string of the molecule is Cc1ccc(OCCNC(=O)C2CCN(S(=O)(=O)Cc3ccccc3C)CC2)cc1. The Balaban J connectivity index is 1.41. The summed E-state index contributed by atoms with van der Waals surface area (Å²) in [6.45, 7) is 5.53. The van der Waals surface area contributed by atoms with Gasteiger partial charge in [0, 0.05) is 19.0 Å². The molecule has 1 heterocycles. The van der Waals surface area contributed by atoms with Crippen molar-refractivity contribution in [2.24, 2.45) is 5.92 Å². The Labute approximate surface area is 179 Å². The van der Waals surface area contributed by atoms with E-state index in [0.29, 0.717) is 39.1 Å². The first-order chi connectivity index (χ1) is 14.3. The molecule has 0 unspecified atom stereocenters. The van der Waals surface area contributed by atoms with Crippen LogP contribution in [0.1, 0.15) is 29.5 Å². The lowest BCUT2D eigenvalue weighted by Gasteiger charge is -2.30. The number of nitrogens with one attached hydrogen (secondary N) is 1. The molecule has 1 saturated heterocycles. The van der Waals surface area contributed by atoms with E-state index in [1.807, 2.05) is 62.4 Å². The fourth-order valence-electron chi connectivity index (χ4n) is 3.58. The number of amides is 1. The highest BCUT2D eigenvalue weighted by atomic mass is 32.2. The van der Waals surface area contributed by atoms with E-state index in [0.717, 1.165) is 16.9 Å². The molecule has 1 aliphatic heterocycles. The van der Waals surface area contributed by atoms with Crippen LogP contribution in [0.15, 0.2) is 48.5 Å². The van der Waals surface area contributed by atoms with E-state index in [1.54, 1.807) is 0 Å². The number of carbonyl (C=O) groups is 1. The van der Waals surface area contributed by atoms with Gasteiger partial charge in [0.1, 0.15) is 12.4 Å². The quantitative estimate of drug-likeness (QED) is 0.653. The summed E-state index contributed by atoms with van der Waals surface area (Å²) >= 11 is 0. The first-order valence-electron chi connectivity index (χ1n) is 10.3. The maximum atomic E-state index is 12.8. The second-order valence-electron chi connectivity index (χ2n) is 7.81. The lowest BCUT2D eigenvalue weighted by Crippen LogP contribution is -2.44. The molecule has 1 aliphatic rings. The Bertz CT molecular complexity index is 949. The summed E-state index contributed by atoms with van der Waals surface area (Å²) in [4.78, 5) is 12.4. The van der Waals surface area contributed by atoms with Crippen molar-refractivity contribution in [1.29, 1.82) is 0 Å². The third-order valence-corrected chi connectivity index (χ3v) is 7.34. The molecule has 0 atom stereocenters. The number of aryl methyl sites for hydroxylation is 2. The van der Waals surface area contributed by atoms with Crippen molar-refractivity contribution in [3.63, 3.8) is 0 Å². The number of ether oxygens (including phenoxy) is 1. The van der Waals surface area contributed by atoms with E-state index in [2.05, 4.69) is 5.32 Å². The largest absolute Gasteiger partial charge is 0.492 e. The van der Waals surface area contributed by atoms with E-state index >= 15 is 0 Å². The summed E-state index contributed by atoms with van der Waals surface area (Å²) in [7, 11) is -3.38. The topological polar surface area (TPSA) is 75.7 Å². The standard InChI is InChI=1S/C23H30N2O4S/c1-18-7-9-22(10-8-18)29-16-13-24-23(26)20-11-14-25(15-12-20)30(27,28)17-21-6-4-3-5-19(21)2/h3-10,20H,11-17H2,1-2H3,(H,24,26). The minimum atomic E-state index is -3.38. The van der Waals surface area contributed by atoms with Crippen molar-refractivity contribution in [3.8, 4) is 5.75 Å². The Morgan fingerprint density at radius 1 is 1.07 bits per heavy atom. The van der Waals surface area contributed by atoms with Gasteiger partial charge in [-0.1, -0.05) is 42.0 Å². The summed E-state index contributed by atoms with van der Waals surface area (Å²) in [6, 6.07) is 15.3. The summed E-state index contributed by atoms with van der Waals surface area (Å²) < 4.78 is 32.7. The van der Waals surface area contributed by atoms with Gasteiger partial charge in [-0.15, -0.1) is 0 Å². The third-order valence-electron chi connectivity index (χ3n) is 5.51. The van der Waals surface area contributed by atoms with Crippen LogP contribution in [-0.4, -0.2) is 44.9 Å². The van der Waals surface area contributed by atoms with Crippen LogP contribution in [-0.2, 0) is 20.6 Å². The predicted octanol–water partition coefficient (Wildman–Crippen LogP) is 3.04. The Morgan fingerprint density at radius 2 is 1.73 bits per heavy atom. The molecule has 1 fully saturated rings. The van der Waals surface area contributed by atoms with Crippen molar-refractivity contribution >= 4 is 15.9 Å². The molecule has 1 N–H and O–H groups in total. The predicted molar refractivity (Wildman–Crippen MR) is 118 cm³/mol. The summed E-state index contributed by atoms with van der Waals surface area (Å²) in [6.07, 6.45) is 1.08. The lowest BCUT2D eigenvalue weighted by atomic mass is 9.97. The molecule has 1 amide bonds. The molecule has 30 heavy (non-hydrogen) atoms. The Hall–Kier alpha value is -2.38. The fourth-order valence-corrected chi connectivity index (χ4v) is 5.24. The van der Waals surface area contributed by atoms with Crippen LogP contribution >= 0.6 is 0 Å². The normalized spacial score (nSPS) is 15.7. The zero-order valence-electron chi connectivity index (χ0n) is 17.6. The van der Waals surface area contributed by atoms with Gasteiger partial charge in [0.15, 0.2) is 0 Å². The molecular formula is C23H30N2O4S. The number of hydrogen-bond acceptors (Lipinski definition) is 4. The summed E-state index contributed by atoms with van der Waals surface area (Å²) in [5.41, 5.74) is 2.97. The van der Waals surface area contributed by atoms with Gasteiger partial charge in [-0.2, -0.15) is 0 Å². The molecule has 6 nitrogen and oxygen atoms in total. The van der Waals surface area contributed by atoms with Crippen LogP contribution in [0.25, 0.3) is 0 Å². The van der Waals surface area contributed by atoms with Gasteiger partial charge in [0.05, 0.1) is 12.3 Å². The highest BCUT2D eigenvalue weighted by Crippen LogP contribution is 2.22. The van der Waals surface area contributed by atoms with E-state index in [1.165, 1.54) is 9.87 Å². The first kappa shape index (κ1) is 22.3. The molecule has 0 aromatic heterocycles. The number of nitrogens with zero attached hydrogens (tertiary/aromatic N) is 1. The van der Waals surface area contributed by atoms with Gasteiger partial charge in [0.2, 0.25) is 15.9 Å². The molecule has 2 aromatic carbocycles. The second kappa shape index (κ2) is 10.1. The molecule has 0 spiro atoms. The molecule has 2 aromatic rings. The van der Waals surface area contributed by atoms with Crippen molar-refractivity contribution in [3.05, 3.63) is 65.2 Å². The first-order valence-corrected chi connectivity index (χ1v) is 12.0. The van der Waals surface area contributed by atoms with Gasteiger partial charge in [0.25, 0.3) is 0 Å². The van der Waals surface area contributed by atoms with Crippen LogP contribution in [0.5, 0.6) is 5.75 Å². The molecule has 162 valence electrons. The maximum absolute atomic E-state index is 12.8. The second-order valence-corrected chi connectivity index (χ2v) is 9.78. The van der Waals surface area contributed by atoms with Crippen LogP contribution in [0.2, 0.25) is 0 Å². The van der Waals surface area contributed by atoms with Crippen molar-refractivity contribution in [2.75, 3.05) is 26.2 Å². The number of rotatable bonds is 8. The lowest BCUT2D eigenvalue weighted by molar-refractivity contribution is -0.126. The Morgan fingerprint density at radius 3 is 2.40 bits per heavy atom. The summed E-state index contributed by atoms with van der Waals surface area (Å²) in [5.74, 6) is 0.599. The van der Waals surface area contributed by atoms with E-state index < -0.39 is 10.0 Å². The number of piperidine rings is 1. The van der Waals surface area contributed by atoms with Crippen molar-refractivity contribution < 1.29 is 17.9 Å². The smallest absolute Gasteiger partial charge is 0.223 e. The van der Waals surface area contributed by atoms with Crippen LogP contribution in [0.3, 0.4) is 0 Å². The average Bonchev–Trinajstić information content (AvgIpc) is 2.74. The molecule has 0 saturated carbocycles. The zero-order chi connectivity index (χ0) is 21.6. The average molecular weight is 431 g/mol. The fraction of sp³-hybridized carbons (Fsp3) is 0.435. The number of sulfonamides is 1. The van der Waals surface area contributed by atoms with Gasteiger partial charge in [-0.05, 0) is 49.9 Å². The minimum absolute atomic E-state index is 0.00683. The van der Waals surface area contributed by atoms with Crippen LogP contribution in [0.4, 0.5) is 0 Å². The van der Waals surface area contributed by atoms with Gasteiger partial charge >= 0.3 is 0 Å². The van der Waals surface area contributed by atoms with Crippen LogP contribution < -0.4 is 10.1 Å². The van der Waals surface area contributed by atoms with Crippen molar-refractivity contribution in [2.45, 2.75) is 32.4 Å². The monoisotopic (exact) mass is 430 g/mol.